The highest BCUT2D eigenvalue weighted by atomic mass is 16.8. The van der Waals surface area contributed by atoms with E-state index in [4.69, 9.17) is 42.6 Å². The van der Waals surface area contributed by atoms with Crippen LogP contribution >= 0.6 is 0 Å². The Morgan fingerprint density at radius 1 is 0.406 bits per heavy atom. The fourth-order valence-corrected chi connectivity index (χ4v) is 8.20. The topological polar surface area (TPSA) is 433 Å². The van der Waals surface area contributed by atoms with Crippen LogP contribution in [0.4, 0.5) is 0 Å². The number of carbonyl (C=O) groups excluding carboxylic acids is 3. The lowest BCUT2D eigenvalue weighted by atomic mass is 9.93. The van der Waals surface area contributed by atoms with E-state index in [0.717, 1.165) is 20.8 Å². The van der Waals surface area contributed by atoms with Gasteiger partial charge in [-0.25, -0.2) is 0 Å². The number of rotatable bonds is 15. The van der Waals surface area contributed by atoms with Crippen LogP contribution in [0, 0.1) is 0 Å². The van der Waals surface area contributed by atoms with Crippen LogP contribution in [0.15, 0.2) is 0 Å². The lowest BCUT2D eigenvalue weighted by Crippen LogP contribution is -2.71. The Morgan fingerprint density at radius 2 is 0.844 bits per heavy atom. The van der Waals surface area contributed by atoms with Crippen molar-refractivity contribution in [2.24, 2.45) is 0 Å². The maximum atomic E-state index is 12.8. The Labute approximate surface area is 364 Å². The van der Waals surface area contributed by atoms with Gasteiger partial charge in [0.15, 0.2) is 31.5 Å². The standard InChI is InChI=1S/C36H61N3O25/c1-9-20(47)17(37-10(2)44)24(51)35(56-9)62-29-16(8-43)60-36(61-28-15(7-42)57-32(55)26(53)25(28)52)27(54)31(29)64-34-19(39-12(4)46)30(22(49)14(6-41)59-34)63-33-18(38-11(3)45)23(50)21(48)13(5-40)58-33/h9,13-36,40-43,47-55H,5-8H2,1-4H3,(H,37,44)(H,38,45)(H,39,46)/t9-,13-,14-,15-,16-,17+,18-,19-,20+,21+,22+,23-,24-,25-,26-,27-,28-,29+,30-,31-,32?,33-,34+,35-,36-/m1/s1. The monoisotopic (exact) mass is 935 g/mol. The van der Waals surface area contributed by atoms with E-state index < -0.39 is 197 Å². The van der Waals surface area contributed by atoms with Crippen LogP contribution in [-0.2, 0) is 57.0 Å². The molecule has 0 bridgehead atoms. The SMILES string of the molecule is CC(=O)N[C@H]1[C@@H](O)[C@@H](C)O[C@H](O[C@@H]2[C@H](O[C@@H]3O[C@H](CO)[C@H](O)[C@H](O[C@H]4O[C@H](CO)[C@H](O)[C@H](O)[C@H]4NC(C)=O)[C@H]3NC(C)=O)[C@@H](O)[C@@H](O[C@H]3[C@H](O)[C@@H](O)C(O)O[C@@H]3CO)O[C@@H]2CO)[C@@H]1O. The molecule has 0 aromatic heterocycles. The molecule has 28 heteroatoms. The molecule has 0 aromatic rings. The largest absolute Gasteiger partial charge is 0.394 e. The van der Waals surface area contributed by atoms with Crippen molar-refractivity contribution in [2.45, 2.75) is 181 Å². The van der Waals surface area contributed by atoms with Crippen molar-refractivity contribution in [1.29, 1.82) is 0 Å². The van der Waals surface area contributed by atoms with E-state index >= 15 is 0 Å². The summed E-state index contributed by atoms with van der Waals surface area (Å²) < 4.78 is 52.6. The normalized spacial score (nSPS) is 47.7. The first kappa shape index (κ1) is 52.5. The van der Waals surface area contributed by atoms with E-state index in [0.29, 0.717) is 0 Å². The summed E-state index contributed by atoms with van der Waals surface area (Å²) in [6.45, 7) is 0.793. The average molecular weight is 936 g/mol. The molecule has 5 rings (SSSR count). The summed E-state index contributed by atoms with van der Waals surface area (Å²) in [5, 5.41) is 147. The van der Waals surface area contributed by atoms with E-state index in [2.05, 4.69) is 16.0 Å². The van der Waals surface area contributed by atoms with Crippen LogP contribution < -0.4 is 16.0 Å². The summed E-state index contributed by atoms with van der Waals surface area (Å²) >= 11 is 0. The highest BCUT2D eigenvalue weighted by molar-refractivity contribution is 5.74. The Hall–Kier alpha value is -2.47. The first-order chi connectivity index (χ1) is 30.2. The summed E-state index contributed by atoms with van der Waals surface area (Å²) in [4.78, 5) is 37.0. The van der Waals surface area contributed by atoms with Gasteiger partial charge in [0.05, 0.1) is 38.6 Å². The van der Waals surface area contributed by atoms with Crippen LogP contribution in [0.3, 0.4) is 0 Å². The summed E-state index contributed by atoms with van der Waals surface area (Å²) in [5.74, 6) is -2.23. The molecule has 370 valence electrons. The number of aliphatic hydroxyl groups excluding tert-OH is 13. The number of hydrogen-bond acceptors (Lipinski definition) is 25. The third-order valence-corrected chi connectivity index (χ3v) is 11.5. The van der Waals surface area contributed by atoms with Gasteiger partial charge in [0, 0.05) is 20.8 Å². The maximum Gasteiger partial charge on any atom is 0.217 e. The van der Waals surface area contributed by atoms with Crippen LogP contribution in [0.5, 0.6) is 0 Å². The fraction of sp³-hybridized carbons (Fsp3) is 0.917. The predicted octanol–water partition coefficient (Wildman–Crippen LogP) is -10.5. The van der Waals surface area contributed by atoms with E-state index in [1.165, 1.54) is 6.92 Å². The fourth-order valence-electron chi connectivity index (χ4n) is 8.20. The smallest absolute Gasteiger partial charge is 0.217 e. The lowest BCUT2D eigenvalue weighted by Gasteiger charge is -2.51. The van der Waals surface area contributed by atoms with Crippen LogP contribution in [0.2, 0.25) is 0 Å². The predicted molar refractivity (Wildman–Crippen MR) is 200 cm³/mol. The van der Waals surface area contributed by atoms with Gasteiger partial charge in [-0.1, -0.05) is 0 Å². The highest BCUT2D eigenvalue weighted by Crippen LogP contribution is 2.37. The summed E-state index contributed by atoms with van der Waals surface area (Å²) in [6.07, 6.45) is -39.7. The number of nitrogens with one attached hydrogen (secondary N) is 3. The van der Waals surface area contributed by atoms with Crippen molar-refractivity contribution in [3.63, 3.8) is 0 Å². The first-order valence-corrected chi connectivity index (χ1v) is 20.4. The quantitative estimate of drug-likeness (QED) is 0.0725. The molecular weight excluding hydrogens is 874 g/mol. The van der Waals surface area contributed by atoms with Gasteiger partial charge in [-0.3, -0.25) is 14.4 Å². The second-order valence-corrected chi connectivity index (χ2v) is 16.1. The number of ether oxygens (including phenoxy) is 9. The third kappa shape index (κ3) is 11.4. The Kier molecular flexibility index (Phi) is 18.5. The zero-order valence-electron chi connectivity index (χ0n) is 35.0. The van der Waals surface area contributed by atoms with Gasteiger partial charge in [0.1, 0.15) is 110 Å². The maximum absolute atomic E-state index is 12.8. The molecule has 3 amide bonds. The summed E-state index contributed by atoms with van der Waals surface area (Å²) in [6, 6.07) is -4.73. The molecule has 5 fully saturated rings. The number of aliphatic hydroxyl groups is 13. The summed E-state index contributed by atoms with van der Waals surface area (Å²) in [7, 11) is 0. The molecule has 25 atom stereocenters. The van der Waals surface area contributed by atoms with Gasteiger partial charge in [-0.15, -0.1) is 0 Å². The molecule has 0 spiro atoms. The number of hydrogen-bond donors (Lipinski definition) is 16. The molecule has 5 aliphatic heterocycles. The minimum atomic E-state index is -2.20. The van der Waals surface area contributed by atoms with Crippen molar-refractivity contribution in [2.75, 3.05) is 26.4 Å². The molecule has 0 radical (unpaired) electrons. The Bertz CT molecular complexity index is 1540. The van der Waals surface area contributed by atoms with Crippen molar-refractivity contribution in [3.8, 4) is 0 Å². The first-order valence-electron chi connectivity index (χ1n) is 20.4. The molecule has 5 saturated heterocycles. The van der Waals surface area contributed by atoms with Gasteiger partial charge in [0.2, 0.25) is 17.7 Å². The molecule has 16 N–H and O–H groups in total. The molecular formula is C36H61N3O25. The van der Waals surface area contributed by atoms with E-state index in [9.17, 15) is 80.8 Å². The second-order valence-electron chi connectivity index (χ2n) is 16.1. The molecule has 5 heterocycles. The molecule has 64 heavy (non-hydrogen) atoms. The molecule has 0 aromatic carbocycles. The molecule has 1 unspecified atom stereocenters. The zero-order valence-corrected chi connectivity index (χ0v) is 35.0. The lowest BCUT2D eigenvalue weighted by molar-refractivity contribution is -0.393. The van der Waals surface area contributed by atoms with Crippen molar-refractivity contribution < 1.29 is 123 Å². The van der Waals surface area contributed by atoms with E-state index in [1.54, 1.807) is 0 Å². The zero-order chi connectivity index (χ0) is 47.5. The molecule has 0 aliphatic carbocycles. The van der Waals surface area contributed by atoms with E-state index in [-0.39, 0.29) is 0 Å². The second kappa shape index (κ2) is 22.6. The van der Waals surface area contributed by atoms with Gasteiger partial charge in [-0.05, 0) is 6.92 Å². The molecule has 5 aliphatic rings. The van der Waals surface area contributed by atoms with Gasteiger partial charge >= 0.3 is 0 Å². The van der Waals surface area contributed by atoms with Gasteiger partial charge in [0.25, 0.3) is 0 Å². The molecule has 28 nitrogen and oxygen atoms in total. The molecule has 0 saturated carbocycles. The van der Waals surface area contributed by atoms with Crippen molar-refractivity contribution in [1.82, 2.24) is 16.0 Å². The van der Waals surface area contributed by atoms with Crippen molar-refractivity contribution in [3.05, 3.63) is 0 Å². The minimum absolute atomic E-state index is 0.662. The van der Waals surface area contributed by atoms with Gasteiger partial charge < -0.3 is 125 Å². The Morgan fingerprint density at radius 3 is 1.41 bits per heavy atom. The minimum Gasteiger partial charge on any atom is -0.394 e. The summed E-state index contributed by atoms with van der Waals surface area (Å²) in [5.41, 5.74) is 0. The third-order valence-electron chi connectivity index (χ3n) is 11.5. The van der Waals surface area contributed by atoms with Crippen LogP contribution in [-0.4, -0.2) is 264 Å². The van der Waals surface area contributed by atoms with Gasteiger partial charge in [-0.2, -0.15) is 0 Å². The van der Waals surface area contributed by atoms with Crippen molar-refractivity contribution >= 4 is 17.7 Å². The average Bonchev–Trinajstić information content (AvgIpc) is 3.24. The van der Waals surface area contributed by atoms with E-state index in [1.807, 2.05) is 0 Å². The number of carbonyl (C=O) groups is 3. The van der Waals surface area contributed by atoms with Crippen LogP contribution in [0.1, 0.15) is 27.7 Å². The number of amides is 3. The Balaban J connectivity index is 1.55. The highest BCUT2D eigenvalue weighted by Gasteiger charge is 2.58. The van der Waals surface area contributed by atoms with Crippen LogP contribution in [0.25, 0.3) is 0 Å².